The number of nitrogens with one attached hydrogen (secondary N) is 2. The number of halogens is 3. The van der Waals surface area contributed by atoms with Gasteiger partial charge in [-0.15, -0.1) is 0 Å². The topological polar surface area (TPSA) is 58.2 Å². The van der Waals surface area contributed by atoms with Gasteiger partial charge in [0.2, 0.25) is 11.8 Å². The zero-order valence-electron chi connectivity index (χ0n) is 14.0. The largest absolute Gasteiger partial charge is 0.416 e. The highest BCUT2D eigenvalue weighted by Gasteiger charge is 2.30. The van der Waals surface area contributed by atoms with Crippen molar-refractivity contribution in [3.8, 4) is 11.8 Å². The number of hydrogen-bond acceptors (Lipinski definition) is 2. The highest BCUT2D eigenvalue weighted by molar-refractivity contribution is 5.76. The van der Waals surface area contributed by atoms with Gasteiger partial charge >= 0.3 is 6.18 Å². The lowest BCUT2D eigenvalue weighted by atomic mass is 10.1. The molecule has 0 aliphatic carbocycles. The van der Waals surface area contributed by atoms with E-state index >= 15 is 0 Å². The summed E-state index contributed by atoms with van der Waals surface area (Å²) in [5.41, 5.74) is -0.496. The maximum Gasteiger partial charge on any atom is 0.416 e. The van der Waals surface area contributed by atoms with E-state index in [4.69, 9.17) is 0 Å². The van der Waals surface area contributed by atoms with Gasteiger partial charge < -0.3 is 10.6 Å². The quantitative estimate of drug-likeness (QED) is 0.584. The SMILES string of the molecule is CC(=O)NCCCCCC(=O)NCC#Cc1cccc(C(F)(F)F)c1. The van der Waals surface area contributed by atoms with Gasteiger partial charge in [-0.05, 0) is 31.0 Å². The van der Waals surface area contributed by atoms with Crippen molar-refractivity contribution in [2.24, 2.45) is 0 Å². The van der Waals surface area contributed by atoms with Gasteiger partial charge in [-0.2, -0.15) is 13.2 Å². The molecule has 0 saturated carbocycles. The predicted octanol–water partition coefficient (Wildman–Crippen LogP) is 2.87. The van der Waals surface area contributed by atoms with Gasteiger partial charge in [0.05, 0.1) is 12.1 Å². The molecular formula is C18H21F3N2O2. The van der Waals surface area contributed by atoms with Crippen LogP contribution in [0.25, 0.3) is 0 Å². The lowest BCUT2D eigenvalue weighted by molar-refractivity contribution is -0.137. The van der Waals surface area contributed by atoms with Crippen LogP contribution in [0.15, 0.2) is 24.3 Å². The number of benzene rings is 1. The fourth-order valence-corrected chi connectivity index (χ4v) is 2.00. The van der Waals surface area contributed by atoms with Crippen LogP contribution in [0.5, 0.6) is 0 Å². The monoisotopic (exact) mass is 354 g/mol. The molecule has 0 aromatic heterocycles. The van der Waals surface area contributed by atoms with Gasteiger partial charge in [-0.3, -0.25) is 9.59 Å². The van der Waals surface area contributed by atoms with Crippen molar-refractivity contribution in [3.63, 3.8) is 0 Å². The fraction of sp³-hybridized carbons (Fsp3) is 0.444. The second kappa shape index (κ2) is 10.4. The molecule has 2 N–H and O–H groups in total. The van der Waals surface area contributed by atoms with Crippen LogP contribution in [0.3, 0.4) is 0 Å². The van der Waals surface area contributed by atoms with E-state index in [1.165, 1.54) is 19.1 Å². The molecule has 0 radical (unpaired) electrons. The number of carbonyl (C=O) groups excluding carboxylic acids is 2. The Kier molecular flexibility index (Phi) is 8.54. The maximum absolute atomic E-state index is 12.6. The number of amides is 2. The van der Waals surface area contributed by atoms with E-state index in [0.717, 1.165) is 25.0 Å². The summed E-state index contributed by atoms with van der Waals surface area (Å²) in [6.45, 7) is 2.13. The van der Waals surface area contributed by atoms with Gasteiger partial charge in [0.25, 0.3) is 0 Å². The van der Waals surface area contributed by atoms with E-state index in [0.29, 0.717) is 19.4 Å². The molecule has 136 valence electrons. The summed E-state index contributed by atoms with van der Waals surface area (Å²) >= 11 is 0. The van der Waals surface area contributed by atoms with Gasteiger partial charge in [-0.1, -0.05) is 24.3 Å². The molecule has 0 fully saturated rings. The highest BCUT2D eigenvalue weighted by Crippen LogP contribution is 2.29. The molecular weight excluding hydrogens is 333 g/mol. The third-order valence-corrected chi connectivity index (χ3v) is 3.25. The number of carbonyl (C=O) groups is 2. The van der Waals surface area contributed by atoms with Crippen LogP contribution in [0.2, 0.25) is 0 Å². The molecule has 0 atom stereocenters. The molecule has 0 bridgehead atoms. The summed E-state index contributed by atoms with van der Waals surface area (Å²) in [5, 5.41) is 5.28. The van der Waals surface area contributed by atoms with Crippen LogP contribution in [-0.4, -0.2) is 24.9 Å². The summed E-state index contributed by atoms with van der Waals surface area (Å²) in [7, 11) is 0. The minimum absolute atomic E-state index is 0.0721. The summed E-state index contributed by atoms with van der Waals surface area (Å²) < 4.78 is 37.7. The average molecular weight is 354 g/mol. The summed E-state index contributed by atoms with van der Waals surface area (Å²) in [6, 6.07) is 4.74. The lowest BCUT2D eigenvalue weighted by Crippen LogP contribution is -2.23. The average Bonchev–Trinajstić information content (AvgIpc) is 2.54. The van der Waals surface area contributed by atoms with Gasteiger partial charge in [-0.25, -0.2) is 0 Å². The number of alkyl halides is 3. The Balaban J connectivity index is 2.26. The molecule has 0 spiro atoms. The first-order valence-electron chi connectivity index (χ1n) is 7.96. The molecule has 1 aromatic rings. The van der Waals surface area contributed by atoms with Crippen LogP contribution in [-0.2, 0) is 15.8 Å². The van der Waals surface area contributed by atoms with Gasteiger partial charge in [0, 0.05) is 25.5 Å². The van der Waals surface area contributed by atoms with Crippen molar-refractivity contribution < 1.29 is 22.8 Å². The molecule has 2 amide bonds. The summed E-state index contributed by atoms with van der Waals surface area (Å²) in [5.74, 6) is 5.01. The molecule has 4 nitrogen and oxygen atoms in total. The first-order valence-corrected chi connectivity index (χ1v) is 7.96. The Labute approximate surface area is 145 Å². The molecule has 1 aromatic carbocycles. The molecule has 0 unspecified atom stereocenters. The van der Waals surface area contributed by atoms with Crippen LogP contribution in [0, 0.1) is 11.8 Å². The fourth-order valence-electron chi connectivity index (χ4n) is 2.00. The minimum atomic E-state index is -4.40. The van der Waals surface area contributed by atoms with Crippen molar-refractivity contribution in [1.82, 2.24) is 10.6 Å². The van der Waals surface area contributed by atoms with E-state index in [2.05, 4.69) is 22.5 Å². The minimum Gasteiger partial charge on any atom is -0.356 e. The summed E-state index contributed by atoms with van der Waals surface area (Å²) in [6.07, 6.45) is -1.71. The summed E-state index contributed by atoms with van der Waals surface area (Å²) in [4.78, 5) is 22.2. The Morgan fingerprint density at radius 3 is 2.56 bits per heavy atom. The standard InChI is InChI=1S/C18H21F3N2O2/c1-14(24)22-11-4-2-3-10-17(25)23-12-6-8-15-7-5-9-16(13-15)18(19,20)21/h5,7,9,13H,2-4,10-12H2,1H3,(H,22,24)(H,23,25). The smallest absolute Gasteiger partial charge is 0.356 e. The molecule has 25 heavy (non-hydrogen) atoms. The molecule has 0 saturated heterocycles. The van der Waals surface area contributed by atoms with E-state index in [1.807, 2.05) is 0 Å². The molecule has 7 heteroatoms. The second-order valence-electron chi connectivity index (χ2n) is 5.45. The molecule has 0 aliphatic heterocycles. The van der Waals surface area contributed by atoms with Gasteiger partial charge in [0.1, 0.15) is 0 Å². The van der Waals surface area contributed by atoms with Crippen LogP contribution >= 0.6 is 0 Å². The maximum atomic E-state index is 12.6. The molecule has 0 aliphatic rings. The first-order chi connectivity index (χ1) is 11.8. The number of hydrogen-bond donors (Lipinski definition) is 2. The van der Waals surface area contributed by atoms with Crippen molar-refractivity contribution >= 4 is 11.8 Å². The lowest BCUT2D eigenvalue weighted by Gasteiger charge is -2.05. The van der Waals surface area contributed by atoms with E-state index in [-0.39, 0.29) is 23.9 Å². The van der Waals surface area contributed by atoms with Crippen LogP contribution < -0.4 is 10.6 Å². The first kappa shape index (κ1) is 20.6. The van der Waals surface area contributed by atoms with E-state index < -0.39 is 11.7 Å². The number of rotatable bonds is 7. The normalized spacial score (nSPS) is 10.6. The Morgan fingerprint density at radius 2 is 1.88 bits per heavy atom. The third-order valence-electron chi connectivity index (χ3n) is 3.25. The number of unbranched alkanes of at least 4 members (excludes halogenated alkanes) is 2. The van der Waals surface area contributed by atoms with Crippen molar-refractivity contribution in [3.05, 3.63) is 35.4 Å². The van der Waals surface area contributed by atoms with Crippen molar-refractivity contribution in [2.75, 3.05) is 13.1 Å². The van der Waals surface area contributed by atoms with Crippen LogP contribution in [0.4, 0.5) is 13.2 Å². The Morgan fingerprint density at radius 1 is 1.12 bits per heavy atom. The van der Waals surface area contributed by atoms with Gasteiger partial charge in [0.15, 0.2) is 0 Å². The Bertz CT molecular complexity index is 646. The van der Waals surface area contributed by atoms with Crippen molar-refractivity contribution in [1.29, 1.82) is 0 Å². The zero-order valence-corrected chi connectivity index (χ0v) is 14.0. The third kappa shape index (κ3) is 9.40. The molecule has 0 heterocycles. The Hall–Kier alpha value is -2.49. The zero-order chi connectivity index (χ0) is 18.7. The van der Waals surface area contributed by atoms with Crippen molar-refractivity contribution in [2.45, 2.75) is 38.8 Å². The second-order valence-corrected chi connectivity index (χ2v) is 5.45. The molecule has 1 rings (SSSR count). The predicted molar refractivity (Wildman–Crippen MR) is 88.5 cm³/mol. The van der Waals surface area contributed by atoms with E-state index in [9.17, 15) is 22.8 Å². The van der Waals surface area contributed by atoms with Crippen LogP contribution in [0.1, 0.15) is 43.7 Å². The highest BCUT2D eigenvalue weighted by atomic mass is 19.4. The van der Waals surface area contributed by atoms with E-state index in [1.54, 1.807) is 0 Å².